The van der Waals surface area contributed by atoms with E-state index in [0.717, 1.165) is 30.0 Å². The Morgan fingerprint density at radius 1 is 1.08 bits per heavy atom. The van der Waals surface area contributed by atoms with Crippen molar-refractivity contribution < 1.29 is 13.9 Å². The predicted octanol–water partition coefficient (Wildman–Crippen LogP) is 2.98. The van der Waals surface area contributed by atoms with E-state index in [0.29, 0.717) is 19.8 Å². The Bertz CT molecular complexity index is 685. The van der Waals surface area contributed by atoms with Crippen molar-refractivity contribution in [3.8, 4) is 0 Å². The molecule has 0 atom stereocenters. The molecule has 2 amide bonds. The van der Waals surface area contributed by atoms with Crippen LogP contribution in [0.3, 0.4) is 0 Å². The van der Waals surface area contributed by atoms with Crippen LogP contribution in [0, 0.1) is 5.82 Å². The van der Waals surface area contributed by atoms with Gasteiger partial charge in [-0.3, -0.25) is 0 Å². The highest BCUT2D eigenvalue weighted by Gasteiger charge is 2.15. The minimum absolute atomic E-state index is 0.289. The van der Waals surface area contributed by atoms with Gasteiger partial charge in [0.05, 0.1) is 24.6 Å². The van der Waals surface area contributed by atoms with E-state index in [2.05, 4.69) is 15.5 Å². The second kappa shape index (κ2) is 7.79. The first-order chi connectivity index (χ1) is 11.7. The van der Waals surface area contributed by atoms with Crippen LogP contribution < -0.4 is 15.5 Å². The van der Waals surface area contributed by atoms with E-state index in [4.69, 9.17) is 4.74 Å². The van der Waals surface area contributed by atoms with Crippen molar-refractivity contribution in [2.75, 3.05) is 36.5 Å². The van der Waals surface area contributed by atoms with E-state index >= 15 is 0 Å². The molecule has 0 radical (unpaired) electrons. The van der Waals surface area contributed by atoms with Gasteiger partial charge in [0.25, 0.3) is 0 Å². The molecule has 0 saturated carbocycles. The van der Waals surface area contributed by atoms with Crippen molar-refractivity contribution in [1.82, 2.24) is 5.32 Å². The van der Waals surface area contributed by atoms with Crippen LogP contribution in [0.15, 0.2) is 48.5 Å². The Balaban J connectivity index is 1.60. The van der Waals surface area contributed by atoms with Gasteiger partial charge in [-0.25, -0.2) is 9.18 Å². The standard InChI is InChI=1S/C18H20FN3O2/c19-15-7-5-14(6-8-15)13-20-18(23)21-16-3-1-2-4-17(16)22-9-11-24-12-10-22/h1-8H,9-13H2,(H2,20,21,23). The van der Waals surface area contributed by atoms with E-state index in [1.54, 1.807) is 12.1 Å². The fourth-order valence-electron chi connectivity index (χ4n) is 2.61. The van der Waals surface area contributed by atoms with Crippen molar-refractivity contribution in [3.05, 3.63) is 59.9 Å². The maximum Gasteiger partial charge on any atom is 0.319 e. The van der Waals surface area contributed by atoms with Crippen LogP contribution in [0.4, 0.5) is 20.6 Å². The molecule has 1 aliphatic rings. The molecule has 0 unspecified atom stereocenters. The number of para-hydroxylation sites is 2. The van der Waals surface area contributed by atoms with Crippen LogP contribution in [0.5, 0.6) is 0 Å². The minimum atomic E-state index is -0.292. The summed E-state index contributed by atoms with van der Waals surface area (Å²) in [7, 11) is 0. The molecule has 24 heavy (non-hydrogen) atoms. The summed E-state index contributed by atoms with van der Waals surface area (Å²) in [5.74, 6) is -0.289. The third-order valence-electron chi connectivity index (χ3n) is 3.87. The third-order valence-corrected chi connectivity index (χ3v) is 3.87. The van der Waals surface area contributed by atoms with Crippen LogP contribution in [0.25, 0.3) is 0 Å². The highest BCUT2D eigenvalue weighted by atomic mass is 19.1. The van der Waals surface area contributed by atoms with Gasteiger partial charge in [0.15, 0.2) is 0 Å². The molecule has 2 aromatic carbocycles. The van der Waals surface area contributed by atoms with Crippen molar-refractivity contribution in [1.29, 1.82) is 0 Å². The molecule has 1 aliphatic heterocycles. The number of anilines is 2. The molecular formula is C18H20FN3O2. The summed E-state index contributed by atoms with van der Waals surface area (Å²) in [5.41, 5.74) is 2.58. The molecule has 0 bridgehead atoms. The summed E-state index contributed by atoms with van der Waals surface area (Å²) in [6.45, 7) is 3.31. The summed E-state index contributed by atoms with van der Waals surface area (Å²) in [6.07, 6.45) is 0. The maximum atomic E-state index is 12.9. The normalized spacial score (nSPS) is 14.3. The molecule has 0 aromatic heterocycles. The monoisotopic (exact) mass is 329 g/mol. The van der Waals surface area contributed by atoms with E-state index < -0.39 is 0 Å². The Hall–Kier alpha value is -2.60. The first kappa shape index (κ1) is 16.3. The minimum Gasteiger partial charge on any atom is -0.378 e. The molecular weight excluding hydrogens is 309 g/mol. The largest absolute Gasteiger partial charge is 0.378 e. The second-order valence-electron chi connectivity index (χ2n) is 5.55. The number of nitrogens with zero attached hydrogens (tertiary/aromatic N) is 1. The summed E-state index contributed by atoms with van der Waals surface area (Å²) in [5, 5.41) is 5.66. The lowest BCUT2D eigenvalue weighted by molar-refractivity contribution is 0.123. The van der Waals surface area contributed by atoms with E-state index in [1.807, 2.05) is 24.3 Å². The van der Waals surface area contributed by atoms with Crippen LogP contribution in [0.2, 0.25) is 0 Å². The van der Waals surface area contributed by atoms with E-state index in [1.165, 1.54) is 12.1 Å². The molecule has 0 aliphatic carbocycles. The molecule has 1 heterocycles. The average Bonchev–Trinajstić information content (AvgIpc) is 2.62. The molecule has 5 nitrogen and oxygen atoms in total. The van der Waals surface area contributed by atoms with Crippen LogP contribution in [0.1, 0.15) is 5.56 Å². The van der Waals surface area contributed by atoms with E-state index in [9.17, 15) is 9.18 Å². The van der Waals surface area contributed by atoms with Crippen LogP contribution in [-0.4, -0.2) is 32.3 Å². The number of hydrogen-bond donors (Lipinski definition) is 2. The number of rotatable bonds is 4. The van der Waals surface area contributed by atoms with Crippen molar-refractivity contribution in [2.45, 2.75) is 6.54 Å². The van der Waals surface area contributed by atoms with E-state index in [-0.39, 0.29) is 11.8 Å². The summed E-state index contributed by atoms with van der Waals surface area (Å²) >= 11 is 0. The lowest BCUT2D eigenvalue weighted by Crippen LogP contribution is -2.37. The molecule has 1 saturated heterocycles. The highest BCUT2D eigenvalue weighted by Crippen LogP contribution is 2.26. The van der Waals surface area contributed by atoms with Gasteiger partial charge in [0.1, 0.15) is 5.82 Å². The van der Waals surface area contributed by atoms with Crippen molar-refractivity contribution in [2.24, 2.45) is 0 Å². The maximum absolute atomic E-state index is 12.9. The molecule has 3 rings (SSSR count). The van der Waals surface area contributed by atoms with Gasteiger partial charge in [-0.1, -0.05) is 24.3 Å². The number of benzene rings is 2. The predicted molar refractivity (Wildman–Crippen MR) is 91.7 cm³/mol. The number of nitrogens with one attached hydrogen (secondary N) is 2. The number of carbonyl (C=O) groups excluding carboxylic acids is 1. The molecule has 126 valence electrons. The van der Waals surface area contributed by atoms with Crippen molar-refractivity contribution in [3.63, 3.8) is 0 Å². The van der Waals surface area contributed by atoms with Gasteiger partial charge in [-0.15, -0.1) is 0 Å². The molecule has 1 fully saturated rings. The van der Waals surface area contributed by atoms with Crippen LogP contribution >= 0.6 is 0 Å². The molecule has 6 heteroatoms. The number of hydrogen-bond acceptors (Lipinski definition) is 3. The first-order valence-corrected chi connectivity index (χ1v) is 7.93. The number of morpholine rings is 1. The summed E-state index contributed by atoms with van der Waals surface area (Å²) < 4.78 is 18.3. The van der Waals surface area contributed by atoms with Gasteiger partial charge in [-0.2, -0.15) is 0 Å². The zero-order valence-electron chi connectivity index (χ0n) is 13.3. The average molecular weight is 329 g/mol. The van der Waals surface area contributed by atoms with Gasteiger partial charge in [0.2, 0.25) is 0 Å². The zero-order chi connectivity index (χ0) is 16.8. The van der Waals surface area contributed by atoms with Gasteiger partial charge >= 0.3 is 6.03 Å². The lowest BCUT2D eigenvalue weighted by atomic mass is 10.2. The Labute approximate surface area is 140 Å². The molecule has 2 aromatic rings. The van der Waals surface area contributed by atoms with Gasteiger partial charge in [-0.05, 0) is 29.8 Å². The number of carbonyl (C=O) groups is 1. The Morgan fingerprint density at radius 2 is 1.79 bits per heavy atom. The smallest absolute Gasteiger partial charge is 0.319 e. The van der Waals surface area contributed by atoms with Gasteiger partial charge < -0.3 is 20.3 Å². The third kappa shape index (κ3) is 4.23. The Morgan fingerprint density at radius 3 is 2.54 bits per heavy atom. The fourth-order valence-corrected chi connectivity index (χ4v) is 2.61. The highest BCUT2D eigenvalue weighted by molar-refractivity contribution is 5.93. The zero-order valence-corrected chi connectivity index (χ0v) is 13.3. The number of ether oxygens (including phenoxy) is 1. The topological polar surface area (TPSA) is 53.6 Å². The Kier molecular flexibility index (Phi) is 5.28. The van der Waals surface area contributed by atoms with Crippen LogP contribution in [-0.2, 0) is 11.3 Å². The molecule has 0 spiro atoms. The fraction of sp³-hybridized carbons (Fsp3) is 0.278. The number of halogens is 1. The van der Waals surface area contributed by atoms with Crippen molar-refractivity contribution >= 4 is 17.4 Å². The number of amides is 2. The quantitative estimate of drug-likeness (QED) is 0.907. The second-order valence-corrected chi connectivity index (χ2v) is 5.55. The van der Waals surface area contributed by atoms with Gasteiger partial charge in [0, 0.05) is 19.6 Å². The molecule has 2 N–H and O–H groups in total. The lowest BCUT2D eigenvalue weighted by Gasteiger charge is -2.30. The first-order valence-electron chi connectivity index (χ1n) is 7.93. The summed E-state index contributed by atoms with van der Waals surface area (Å²) in [6, 6.07) is 13.5. The number of urea groups is 1. The SMILES string of the molecule is O=C(NCc1ccc(F)cc1)Nc1ccccc1N1CCOCC1. The summed E-state index contributed by atoms with van der Waals surface area (Å²) in [4.78, 5) is 14.3.